The van der Waals surface area contributed by atoms with E-state index in [9.17, 15) is 18.3 Å². The molecule has 2 aromatic heterocycles. The fourth-order valence-electron chi connectivity index (χ4n) is 7.89. The van der Waals surface area contributed by atoms with Gasteiger partial charge in [-0.3, -0.25) is 4.90 Å². The number of hydrogen-bond acceptors (Lipinski definition) is 9. The quantitative estimate of drug-likeness (QED) is 0.394. The van der Waals surface area contributed by atoms with E-state index in [1.165, 1.54) is 0 Å². The Balaban J connectivity index is 1.32. The van der Waals surface area contributed by atoms with Crippen LogP contribution < -0.4 is 19.7 Å². The van der Waals surface area contributed by atoms with Crippen LogP contribution in [0.2, 0.25) is 5.02 Å². The van der Waals surface area contributed by atoms with E-state index in [1.54, 1.807) is 0 Å². The van der Waals surface area contributed by atoms with Crippen LogP contribution in [0.25, 0.3) is 22.2 Å². The smallest absolute Gasteiger partial charge is 0.418 e. The van der Waals surface area contributed by atoms with E-state index in [1.807, 2.05) is 0 Å². The monoisotopic (exact) mass is 620 g/mol. The van der Waals surface area contributed by atoms with Gasteiger partial charge < -0.3 is 24.8 Å². The lowest BCUT2D eigenvalue weighted by Crippen LogP contribution is -2.60. The Hall–Kier alpha value is -3.16. The topological polar surface area (TPSA) is 95.9 Å². The number of alkyl halides is 3. The second-order valence-electron chi connectivity index (χ2n) is 12.3. The molecule has 9 nitrogen and oxygen atoms in total. The molecule has 0 aliphatic carbocycles. The summed E-state index contributed by atoms with van der Waals surface area (Å²) in [6.45, 7) is 3.08. The summed E-state index contributed by atoms with van der Waals surface area (Å²) in [7, 11) is 0. The average Bonchev–Trinajstić information content (AvgIpc) is 3.62. The van der Waals surface area contributed by atoms with Gasteiger partial charge in [0.15, 0.2) is 5.82 Å². The molecule has 7 heterocycles. The van der Waals surface area contributed by atoms with Crippen LogP contribution in [0.4, 0.5) is 23.4 Å². The van der Waals surface area contributed by atoms with Gasteiger partial charge in [0.25, 0.3) is 0 Å². The number of piperazine rings is 1. The number of anilines is 1. The van der Waals surface area contributed by atoms with Crippen molar-refractivity contribution in [3.05, 3.63) is 28.5 Å². The van der Waals surface area contributed by atoms with Crippen molar-refractivity contribution >= 4 is 28.3 Å². The van der Waals surface area contributed by atoms with E-state index in [-0.39, 0.29) is 53.1 Å². The van der Waals surface area contributed by atoms with Crippen molar-refractivity contribution in [2.45, 2.75) is 68.4 Å². The van der Waals surface area contributed by atoms with Crippen LogP contribution in [0.3, 0.4) is 0 Å². The van der Waals surface area contributed by atoms with Gasteiger partial charge in [-0.05, 0) is 63.7 Å². The second kappa shape index (κ2) is 9.67. The zero-order valence-electron chi connectivity index (χ0n) is 23.1. The highest BCUT2D eigenvalue weighted by Gasteiger charge is 2.47. The standard InChI is InChI=1S/C29H29ClF4N6O3/c30-17-10-15(41)9-16(21(17)29(32,33)34)23-22(31)24-20-25(38-27(37-24)43-13-28-5-1-7-39(28)8-2-6-28)40-11-14-3-4-18(35-14)19(40)12-42-26(20)36-23/h9-10,14,18-19,35,41H,1-8,11-13H2. The van der Waals surface area contributed by atoms with Crippen LogP contribution in [-0.4, -0.2) is 81.5 Å². The van der Waals surface area contributed by atoms with Crippen molar-refractivity contribution in [2.24, 2.45) is 0 Å². The van der Waals surface area contributed by atoms with Crippen LogP contribution in [-0.2, 0) is 6.18 Å². The van der Waals surface area contributed by atoms with Crippen LogP contribution in [0.5, 0.6) is 17.6 Å². The van der Waals surface area contributed by atoms with Gasteiger partial charge in [0.2, 0.25) is 5.88 Å². The van der Waals surface area contributed by atoms with Gasteiger partial charge in [-0.15, -0.1) is 0 Å². The molecule has 5 aliphatic heterocycles. The summed E-state index contributed by atoms with van der Waals surface area (Å²) in [5, 5.41) is 13.2. The van der Waals surface area contributed by atoms with Gasteiger partial charge in [0.05, 0.1) is 22.2 Å². The molecule has 0 amide bonds. The minimum absolute atomic E-state index is 0.0471. The molecule has 2 bridgehead atoms. The molecular weight excluding hydrogens is 592 g/mol. The zero-order chi connectivity index (χ0) is 29.7. The number of nitrogens with zero attached hydrogens (tertiary/aromatic N) is 5. The highest BCUT2D eigenvalue weighted by Crippen LogP contribution is 2.47. The van der Waals surface area contributed by atoms with E-state index in [0.717, 1.165) is 63.7 Å². The molecule has 0 radical (unpaired) electrons. The van der Waals surface area contributed by atoms with E-state index in [0.29, 0.717) is 19.0 Å². The molecule has 5 aliphatic rings. The number of nitrogens with one attached hydrogen (secondary N) is 1. The van der Waals surface area contributed by atoms with Crippen LogP contribution >= 0.6 is 11.6 Å². The van der Waals surface area contributed by atoms with Gasteiger partial charge >= 0.3 is 12.2 Å². The highest BCUT2D eigenvalue weighted by atomic mass is 35.5. The second-order valence-corrected chi connectivity index (χ2v) is 12.7. The van der Waals surface area contributed by atoms with Crippen LogP contribution in [0.15, 0.2) is 12.1 Å². The van der Waals surface area contributed by atoms with Crippen molar-refractivity contribution < 1.29 is 32.1 Å². The first kappa shape index (κ1) is 27.4. The minimum Gasteiger partial charge on any atom is -0.508 e. The number of fused-ring (bicyclic) bond motifs is 6. The Morgan fingerprint density at radius 2 is 1.93 bits per heavy atom. The summed E-state index contributed by atoms with van der Waals surface area (Å²) in [4.78, 5) is 18.0. The third kappa shape index (κ3) is 4.29. The third-order valence-electron chi connectivity index (χ3n) is 9.83. The van der Waals surface area contributed by atoms with E-state index >= 15 is 4.39 Å². The number of phenolic OH excluding ortho intramolecular Hbond substituents is 1. The molecule has 14 heteroatoms. The van der Waals surface area contributed by atoms with E-state index < -0.39 is 39.6 Å². The molecular formula is C29H29ClF4N6O3. The van der Waals surface area contributed by atoms with Gasteiger partial charge in [0, 0.05) is 24.2 Å². The lowest BCUT2D eigenvalue weighted by molar-refractivity contribution is -0.137. The number of hydrogen-bond donors (Lipinski definition) is 2. The number of pyridine rings is 1. The molecule has 2 N–H and O–H groups in total. The SMILES string of the molecule is Oc1cc(Cl)c(C(F)(F)F)c(-c2nc3c4c(nc(OCC56CCCN5CCC6)nc4c2F)N2CC4CCC(N4)C2CO3)c1. The summed E-state index contributed by atoms with van der Waals surface area (Å²) < 4.78 is 71.5. The molecule has 43 heavy (non-hydrogen) atoms. The van der Waals surface area contributed by atoms with Gasteiger partial charge in [-0.1, -0.05) is 11.6 Å². The summed E-state index contributed by atoms with van der Waals surface area (Å²) in [6, 6.07) is 1.66. The number of halogens is 5. The number of ether oxygens (including phenoxy) is 2. The fourth-order valence-corrected chi connectivity index (χ4v) is 8.21. The largest absolute Gasteiger partial charge is 0.508 e. The maximum absolute atomic E-state index is 16.6. The lowest BCUT2D eigenvalue weighted by atomic mass is 9.95. The van der Waals surface area contributed by atoms with Crippen molar-refractivity contribution in [3.63, 3.8) is 0 Å². The number of aromatic hydroxyl groups is 1. The van der Waals surface area contributed by atoms with E-state index in [4.69, 9.17) is 26.1 Å². The first-order valence-electron chi connectivity index (χ1n) is 14.7. The molecule has 3 atom stereocenters. The summed E-state index contributed by atoms with van der Waals surface area (Å²) in [5.74, 6) is -1.36. The lowest BCUT2D eigenvalue weighted by Gasteiger charge is -2.40. The Bertz CT molecular complexity index is 1630. The summed E-state index contributed by atoms with van der Waals surface area (Å²) in [5.41, 5.74) is -3.09. The normalized spacial score (nSPS) is 25.9. The Morgan fingerprint density at radius 3 is 2.70 bits per heavy atom. The molecule has 228 valence electrons. The molecule has 0 spiro atoms. The Labute approximate surface area is 249 Å². The number of aromatic nitrogens is 3. The minimum atomic E-state index is -4.96. The fraction of sp³-hybridized carbons (Fsp3) is 0.552. The molecule has 4 saturated heterocycles. The Morgan fingerprint density at radius 1 is 1.14 bits per heavy atom. The van der Waals surface area contributed by atoms with Crippen molar-refractivity contribution in [2.75, 3.05) is 37.7 Å². The highest BCUT2D eigenvalue weighted by molar-refractivity contribution is 6.32. The molecule has 1 aromatic carbocycles. The maximum atomic E-state index is 16.6. The van der Waals surface area contributed by atoms with Crippen molar-refractivity contribution in [3.8, 4) is 28.9 Å². The first-order chi connectivity index (χ1) is 20.6. The van der Waals surface area contributed by atoms with Gasteiger partial charge in [-0.25, -0.2) is 9.37 Å². The van der Waals surface area contributed by atoms with Crippen LogP contribution in [0, 0.1) is 5.82 Å². The number of benzene rings is 1. The molecule has 3 aromatic rings. The van der Waals surface area contributed by atoms with Gasteiger partial charge in [0.1, 0.15) is 41.4 Å². The molecule has 4 fully saturated rings. The maximum Gasteiger partial charge on any atom is 0.418 e. The Kier molecular flexibility index (Phi) is 6.16. The number of rotatable bonds is 4. The number of phenols is 1. The molecule has 8 rings (SSSR count). The molecule has 0 saturated carbocycles. The first-order valence-corrected chi connectivity index (χ1v) is 15.0. The zero-order valence-corrected chi connectivity index (χ0v) is 23.8. The van der Waals surface area contributed by atoms with Crippen molar-refractivity contribution in [1.29, 1.82) is 0 Å². The third-order valence-corrected chi connectivity index (χ3v) is 10.1. The summed E-state index contributed by atoms with van der Waals surface area (Å²) >= 11 is 5.94. The predicted molar refractivity (Wildman–Crippen MR) is 149 cm³/mol. The van der Waals surface area contributed by atoms with Gasteiger partial charge in [-0.2, -0.15) is 23.1 Å². The summed E-state index contributed by atoms with van der Waals surface area (Å²) in [6.07, 6.45) is 1.04. The van der Waals surface area contributed by atoms with Crippen LogP contribution in [0.1, 0.15) is 44.1 Å². The van der Waals surface area contributed by atoms with E-state index in [2.05, 4.69) is 25.1 Å². The predicted octanol–water partition coefficient (Wildman–Crippen LogP) is 4.92. The average molecular weight is 621 g/mol. The molecule has 3 unspecified atom stereocenters. The van der Waals surface area contributed by atoms with Crippen molar-refractivity contribution in [1.82, 2.24) is 25.2 Å².